The summed E-state index contributed by atoms with van der Waals surface area (Å²) in [5, 5.41) is 14.2. The first kappa shape index (κ1) is 11.4. The minimum Gasteiger partial charge on any atom is -0.367 e. The number of nitrogens with one attached hydrogen (secondary N) is 1. The maximum absolute atomic E-state index is 9.02. The number of nitriles is 1. The van der Waals surface area contributed by atoms with E-state index in [0.717, 1.165) is 16.5 Å². The van der Waals surface area contributed by atoms with Gasteiger partial charge in [0.05, 0.1) is 18.0 Å². The highest BCUT2D eigenvalue weighted by Crippen LogP contribution is 2.22. The lowest BCUT2D eigenvalue weighted by atomic mass is 10.1. The lowest BCUT2D eigenvalue weighted by molar-refractivity contribution is 0.694. The van der Waals surface area contributed by atoms with Gasteiger partial charge in [0.1, 0.15) is 6.04 Å². The Bertz CT molecular complexity index is 551. The Kier molecular flexibility index (Phi) is 3.22. The van der Waals surface area contributed by atoms with Gasteiger partial charge in [-0.3, -0.25) is 4.98 Å². The standard InChI is InChI=1S/C13H14N4/c1-9(15)12(6-14)17-13-8-16-7-10-4-2-3-5-11(10)13/h2-5,7-9,12,17H,15H2,1H3/t9-,12?/m0/s1. The Morgan fingerprint density at radius 3 is 2.82 bits per heavy atom. The van der Waals surface area contributed by atoms with E-state index in [1.165, 1.54) is 0 Å². The van der Waals surface area contributed by atoms with Gasteiger partial charge in [-0.15, -0.1) is 0 Å². The van der Waals surface area contributed by atoms with Crippen LogP contribution in [0.5, 0.6) is 0 Å². The third-order valence-electron chi connectivity index (χ3n) is 2.64. The number of fused-ring (bicyclic) bond motifs is 1. The number of aromatic nitrogens is 1. The minimum absolute atomic E-state index is 0.237. The molecule has 0 bridgehead atoms. The van der Waals surface area contributed by atoms with Crippen molar-refractivity contribution in [1.29, 1.82) is 5.26 Å². The van der Waals surface area contributed by atoms with Crippen molar-refractivity contribution in [2.45, 2.75) is 19.0 Å². The zero-order valence-electron chi connectivity index (χ0n) is 9.59. The first-order valence-electron chi connectivity index (χ1n) is 5.47. The SMILES string of the molecule is C[C@H](N)C(C#N)Nc1cncc2ccccc12. The van der Waals surface area contributed by atoms with E-state index in [1.807, 2.05) is 24.3 Å². The largest absolute Gasteiger partial charge is 0.367 e. The molecule has 86 valence electrons. The van der Waals surface area contributed by atoms with Crippen LogP contribution in [0.2, 0.25) is 0 Å². The summed E-state index contributed by atoms with van der Waals surface area (Å²) in [6.07, 6.45) is 3.52. The third-order valence-corrected chi connectivity index (χ3v) is 2.64. The van der Waals surface area contributed by atoms with Crippen LogP contribution in [-0.2, 0) is 0 Å². The molecule has 4 heteroatoms. The molecular formula is C13H14N4. The molecule has 0 aliphatic rings. The Balaban J connectivity index is 2.39. The van der Waals surface area contributed by atoms with Crippen LogP contribution in [0.15, 0.2) is 36.7 Å². The molecule has 0 fully saturated rings. The molecule has 3 N–H and O–H groups in total. The summed E-state index contributed by atoms with van der Waals surface area (Å²) in [7, 11) is 0. The predicted octanol–water partition coefficient (Wildman–Crippen LogP) is 1.89. The predicted molar refractivity (Wildman–Crippen MR) is 68.4 cm³/mol. The van der Waals surface area contributed by atoms with Gasteiger partial charge in [0, 0.05) is 23.0 Å². The molecule has 2 rings (SSSR count). The Morgan fingerprint density at radius 2 is 2.12 bits per heavy atom. The van der Waals surface area contributed by atoms with E-state index < -0.39 is 6.04 Å². The lowest BCUT2D eigenvalue weighted by Gasteiger charge is -2.17. The molecule has 2 atom stereocenters. The fraction of sp³-hybridized carbons (Fsp3) is 0.231. The second kappa shape index (κ2) is 4.81. The average Bonchev–Trinajstić information content (AvgIpc) is 2.35. The molecule has 1 aromatic heterocycles. The number of nitrogens with two attached hydrogens (primary N) is 1. The summed E-state index contributed by atoms with van der Waals surface area (Å²) in [5.74, 6) is 0. The molecule has 1 unspecified atom stereocenters. The fourth-order valence-electron chi connectivity index (χ4n) is 1.68. The van der Waals surface area contributed by atoms with Gasteiger partial charge in [0.25, 0.3) is 0 Å². The maximum atomic E-state index is 9.02. The van der Waals surface area contributed by atoms with E-state index in [-0.39, 0.29) is 6.04 Å². The number of hydrogen-bond donors (Lipinski definition) is 2. The molecule has 1 aromatic carbocycles. The van der Waals surface area contributed by atoms with Gasteiger partial charge in [-0.2, -0.15) is 5.26 Å². The van der Waals surface area contributed by atoms with Crippen LogP contribution in [0.1, 0.15) is 6.92 Å². The highest BCUT2D eigenvalue weighted by Gasteiger charge is 2.13. The van der Waals surface area contributed by atoms with E-state index in [9.17, 15) is 0 Å². The molecule has 0 saturated heterocycles. The van der Waals surface area contributed by atoms with Crippen molar-refractivity contribution in [3.05, 3.63) is 36.7 Å². The second-order valence-electron chi connectivity index (χ2n) is 4.02. The topological polar surface area (TPSA) is 74.7 Å². The summed E-state index contributed by atoms with van der Waals surface area (Å²) in [5.41, 5.74) is 6.57. The van der Waals surface area contributed by atoms with Crippen LogP contribution >= 0.6 is 0 Å². The molecule has 4 nitrogen and oxygen atoms in total. The highest BCUT2D eigenvalue weighted by atomic mass is 15.0. The van der Waals surface area contributed by atoms with Crippen LogP contribution in [-0.4, -0.2) is 17.1 Å². The first-order valence-corrected chi connectivity index (χ1v) is 5.47. The van der Waals surface area contributed by atoms with E-state index in [1.54, 1.807) is 19.3 Å². The van der Waals surface area contributed by atoms with E-state index >= 15 is 0 Å². The fourth-order valence-corrected chi connectivity index (χ4v) is 1.68. The minimum atomic E-state index is -0.414. The zero-order chi connectivity index (χ0) is 12.3. The van der Waals surface area contributed by atoms with Gasteiger partial charge in [-0.05, 0) is 6.92 Å². The molecular weight excluding hydrogens is 212 g/mol. The van der Waals surface area contributed by atoms with Crippen molar-refractivity contribution in [3.8, 4) is 6.07 Å². The smallest absolute Gasteiger partial charge is 0.129 e. The Morgan fingerprint density at radius 1 is 1.35 bits per heavy atom. The number of hydrogen-bond acceptors (Lipinski definition) is 4. The Labute approximate surface area is 100 Å². The summed E-state index contributed by atoms with van der Waals surface area (Å²) < 4.78 is 0. The summed E-state index contributed by atoms with van der Waals surface area (Å²) in [6.45, 7) is 1.81. The van der Waals surface area contributed by atoms with Gasteiger partial charge in [0.2, 0.25) is 0 Å². The lowest BCUT2D eigenvalue weighted by Crippen LogP contribution is -2.36. The first-order chi connectivity index (χ1) is 8.22. The van der Waals surface area contributed by atoms with Gasteiger partial charge >= 0.3 is 0 Å². The van der Waals surface area contributed by atoms with Crippen LogP contribution in [0.3, 0.4) is 0 Å². The number of benzene rings is 1. The van der Waals surface area contributed by atoms with Gasteiger partial charge in [-0.25, -0.2) is 0 Å². The average molecular weight is 226 g/mol. The number of pyridine rings is 1. The normalized spacial score (nSPS) is 13.9. The molecule has 0 radical (unpaired) electrons. The van der Waals surface area contributed by atoms with Crippen molar-refractivity contribution in [2.75, 3.05) is 5.32 Å². The van der Waals surface area contributed by atoms with Gasteiger partial charge in [0.15, 0.2) is 0 Å². The van der Waals surface area contributed by atoms with Crippen LogP contribution in [0.25, 0.3) is 10.8 Å². The van der Waals surface area contributed by atoms with Gasteiger partial charge in [-0.1, -0.05) is 24.3 Å². The van der Waals surface area contributed by atoms with Crippen molar-refractivity contribution in [1.82, 2.24) is 4.98 Å². The van der Waals surface area contributed by atoms with Crippen LogP contribution in [0.4, 0.5) is 5.69 Å². The zero-order valence-corrected chi connectivity index (χ0v) is 9.59. The molecule has 1 heterocycles. The highest BCUT2D eigenvalue weighted by molar-refractivity contribution is 5.92. The molecule has 2 aromatic rings. The quantitative estimate of drug-likeness (QED) is 0.838. The number of anilines is 1. The second-order valence-corrected chi connectivity index (χ2v) is 4.02. The van der Waals surface area contributed by atoms with Crippen molar-refractivity contribution in [2.24, 2.45) is 5.73 Å². The van der Waals surface area contributed by atoms with E-state index in [2.05, 4.69) is 16.4 Å². The van der Waals surface area contributed by atoms with E-state index in [4.69, 9.17) is 11.0 Å². The molecule has 0 saturated carbocycles. The van der Waals surface area contributed by atoms with Crippen LogP contribution < -0.4 is 11.1 Å². The molecule has 0 spiro atoms. The van der Waals surface area contributed by atoms with Crippen molar-refractivity contribution >= 4 is 16.5 Å². The van der Waals surface area contributed by atoms with Crippen LogP contribution in [0, 0.1) is 11.3 Å². The summed E-state index contributed by atoms with van der Waals surface area (Å²) in [4.78, 5) is 4.15. The molecule has 0 aliphatic carbocycles. The van der Waals surface area contributed by atoms with Gasteiger partial charge < -0.3 is 11.1 Å². The number of nitrogens with zero attached hydrogens (tertiary/aromatic N) is 2. The van der Waals surface area contributed by atoms with E-state index in [0.29, 0.717) is 0 Å². The molecule has 17 heavy (non-hydrogen) atoms. The van der Waals surface area contributed by atoms with Crippen molar-refractivity contribution in [3.63, 3.8) is 0 Å². The third kappa shape index (κ3) is 2.35. The molecule has 0 aliphatic heterocycles. The maximum Gasteiger partial charge on any atom is 0.129 e. The molecule has 0 amide bonds. The summed E-state index contributed by atoms with van der Waals surface area (Å²) >= 11 is 0. The Hall–Kier alpha value is -2.12. The summed E-state index contributed by atoms with van der Waals surface area (Å²) in [6, 6.07) is 9.40. The monoisotopic (exact) mass is 226 g/mol. The van der Waals surface area contributed by atoms with Crippen molar-refractivity contribution < 1.29 is 0 Å². The number of rotatable bonds is 3.